The molecule has 5 heteroatoms. The minimum Gasteiger partial charge on any atom is -0.508 e. The maximum Gasteiger partial charge on any atom is 0.210 e. The molecule has 1 spiro atoms. The van der Waals surface area contributed by atoms with Gasteiger partial charge in [0.15, 0.2) is 0 Å². The van der Waals surface area contributed by atoms with Crippen molar-refractivity contribution in [3.05, 3.63) is 95.3 Å². The monoisotopic (exact) mass is 539 g/mol. The predicted molar refractivity (Wildman–Crippen MR) is 161 cm³/mol. The molecule has 3 aromatic rings. The molecule has 2 fully saturated rings. The van der Waals surface area contributed by atoms with Crippen LogP contribution in [0.25, 0.3) is 0 Å². The number of pyridine rings is 1. The van der Waals surface area contributed by atoms with Crippen LogP contribution in [-0.2, 0) is 29.6 Å². The molecule has 5 nitrogen and oxygen atoms in total. The van der Waals surface area contributed by atoms with E-state index >= 15 is 0 Å². The molecule has 0 saturated heterocycles. The van der Waals surface area contributed by atoms with Gasteiger partial charge in [-0.2, -0.15) is 0 Å². The fraction of sp³-hybridized carbons (Fsp3) is 0.486. The van der Waals surface area contributed by atoms with Gasteiger partial charge in [-0.15, -0.1) is 0 Å². The lowest BCUT2D eigenvalue weighted by atomic mass is 9.34. The number of nitrogens with one attached hydrogen (secondary N) is 1. The van der Waals surface area contributed by atoms with Crippen molar-refractivity contribution in [2.24, 2.45) is 10.8 Å². The van der Waals surface area contributed by atoms with Crippen LogP contribution >= 0.6 is 0 Å². The summed E-state index contributed by atoms with van der Waals surface area (Å²) in [5, 5.41) is 13.9. The number of amides is 1. The fourth-order valence-electron chi connectivity index (χ4n) is 8.91. The topological polar surface area (TPSA) is 65.5 Å². The van der Waals surface area contributed by atoms with Crippen molar-refractivity contribution in [1.82, 2.24) is 15.2 Å². The lowest BCUT2D eigenvalue weighted by Gasteiger charge is -2.71. The first-order chi connectivity index (χ1) is 19.4. The first kappa shape index (κ1) is 28.4. The van der Waals surface area contributed by atoms with Crippen molar-refractivity contribution in [3.8, 4) is 5.75 Å². The summed E-state index contributed by atoms with van der Waals surface area (Å²) in [5.41, 5.74) is 6.00. The number of aromatic hydroxyl groups is 1. The minimum absolute atomic E-state index is 0.205. The molecule has 1 heterocycles. The maximum absolute atomic E-state index is 10.7. The molecule has 0 aliphatic heterocycles. The van der Waals surface area contributed by atoms with Crippen LogP contribution in [0.2, 0.25) is 0 Å². The van der Waals surface area contributed by atoms with Gasteiger partial charge in [0.25, 0.3) is 0 Å². The largest absolute Gasteiger partial charge is 0.508 e. The van der Waals surface area contributed by atoms with E-state index in [1.54, 1.807) is 0 Å². The van der Waals surface area contributed by atoms with Crippen molar-refractivity contribution in [2.75, 3.05) is 13.6 Å². The molecule has 4 unspecified atom stereocenters. The van der Waals surface area contributed by atoms with Gasteiger partial charge in [-0.1, -0.05) is 69.2 Å². The number of carbonyl (C=O) groups excluding carboxylic acids is 1. The number of fused-ring (bicyclic) bond motifs is 1. The lowest BCUT2D eigenvalue weighted by molar-refractivity contribution is -0.160. The first-order valence-electron chi connectivity index (χ1n) is 15.1. The number of hydrogen-bond donors (Lipinski definition) is 2. The highest BCUT2D eigenvalue weighted by Crippen LogP contribution is 2.80. The Bertz CT molecular complexity index is 1280. The van der Waals surface area contributed by atoms with E-state index in [2.05, 4.69) is 55.5 Å². The van der Waals surface area contributed by atoms with Crippen LogP contribution in [0.5, 0.6) is 5.75 Å². The Balaban J connectivity index is 0.000000197. The van der Waals surface area contributed by atoms with Crippen LogP contribution in [0.4, 0.5) is 0 Å². The average molecular weight is 540 g/mol. The second-order valence-corrected chi connectivity index (χ2v) is 12.3. The highest BCUT2D eigenvalue weighted by Gasteiger charge is 2.80. The van der Waals surface area contributed by atoms with Gasteiger partial charge in [-0.3, -0.25) is 9.78 Å². The van der Waals surface area contributed by atoms with Crippen molar-refractivity contribution < 1.29 is 9.90 Å². The van der Waals surface area contributed by atoms with Crippen molar-refractivity contribution in [3.63, 3.8) is 0 Å². The molecule has 4 atom stereocenters. The van der Waals surface area contributed by atoms with E-state index in [9.17, 15) is 9.90 Å². The Kier molecular flexibility index (Phi) is 8.32. The van der Waals surface area contributed by atoms with Crippen molar-refractivity contribution in [2.45, 2.75) is 83.2 Å². The van der Waals surface area contributed by atoms with Gasteiger partial charge in [0.1, 0.15) is 5.75 Å². The first-order valence-corrected chi connectivity index (χ1v) is 15.1. The number of benzene rings is 2. The van der Waals surface area contributed by atoms with E-state index < -0.39 is 0 Å². The maximum atomic E-state index is 10.7. The van der Waals surface area contributed by atoms with E-state index in [4.69, 9.17) is 0 Å². The number of hydrogen-bond acceptors (Lipinski definition) is 4. The van der Waals surface area contributed by atoms with Crippen LogP contribution < -0.4 is 5.32 Å². The Morgan fingerprint density at radius 1 is 1.10 bits per heavy atom. The van der Waals surface area contributed by atoms with Gasteiger partial charge in [-0.25, -0.2) is 0 Å². The second kappa shape index (κ2) is 11.7. The molecule has 2 saturated carbocycles. The number of aromatic nitrogens is 1. The standard InChI is InChI=1S/C23H28N2O.C12H17NO/c1-21-10-5-11-23(21)19-14-18(26)8-7-16(19)15-22(23,20(21)24-2)12-9-17-6-3-4-13-25-17;1-2-3-9-13(11-14)10-12-7-5-4-6-8-12/h3-4,6-8,13-14,20,24,26H,5,9-12,15H2,1-2H3;4-8,11H,2-3,9-10H2,1H3. The third-order valence-corrected chi connectivity index (χ3v) is 10.3. The number of phenols is 1. The Morgan fingerprint density at radius 2 is 1.90 bits per heavy atom. The summed E-state index contributed by atoms with van der Waals surface area (Å²) in [6.07, 6.45) is 12.1. The zero-order valence-corrected chi connectivity index (χ0v) is 24.4. The molecule has 40 heavy (non-hydrogen) atoms. The highest BCUT2D eigenvalue weighted by atomic mass is 16.3. The van der Waals surface area contributed by atoms with Gasteiger partial charge in [0.2, 0.25) is 6.41 Å². The molecule has 2 aromatic carbocycles. The smallest absolute Gasteiger partial charge is 0.210 e. The number of unbranched alkanes of at least 4 members (excludes halogenated alkanes) is 1. The molecule has 1 aromatic heterocycles. The Labute approximate surface area is 240 Å². The molecule has 3 aliphatic rings. The molecule has 212 valence electrons. The molecule has 2 N–H and O–H groups in total. The molecule has 6 rings (SSSR count). The van der Waals surface area contributed by atoms with Crippen LogP contribution in [0.15, 0.2) is 72.9 Å². The van der Waals surface area contributed by atoms with Crippen molar-refractivity contribution in [1.29, 1.82) is 0 Å². The molecule has 3 aliphatic carbocycles. The number of nitrogens with zero attached hydrogens (tertiary/aromatic N) is 2. The number of carbonyl (C=O) groups is 1. The summed E-state index contributed by atoms with van der Waals surface area (Å²) in [5.74, 6) is 0.417. The van der Waals surface area contributed by atoms with Crippen LogP contribution in [0.3, 0.4) is 0 Å². The van der Waals surface area contributed by atoms with E-state index in [-0.39, 0.29) is 16.2 Å². The molecular weight excluding hydrogens is 494 g/mol. The quantitative estimate of drug-likeness (QED) is 0.291. The van der Waals surface area contributed by atoms with Gasteiger partial charge in [0, 0.05) is 41.9 Å². The van der Waals surface area contributed by atoms with E-state index in [0.29, 0.717) is 11.8 Å². The highest BCUT2D eigenvalue weighted by molar-refractivity contribution is 5.56. The van der Waals surface area contributed by atoms with Crippen LogP contribution in [-0.4, -0.2) is 41.0 Å². The van der Waals surface area contributed by atoms with Gasteiger partial charge >= 0.3 is 0 Å². The van der Waals surface area contributed by atoms with Gasteiger partial charge in [0.05, 0.1) is 0 Å². The Morgan fingerprint density at radius 3 is 2.60 bits per heavy atom. The summed E-state index contributed by atoms with van der Waals surface area (Å²) in [6.45, 7) is 6.20. The van der Waals surface area contributed by atoms with Crippen LogP contribution in [0.1, 0.15) is 74.8 Å². The third-order valence-electron chi connectivity index (χ3n) is 10.3. The summed E-state index contributed by atoms with van der Waals surface area (Å²) in [4.78, 5) is 17.1. The zero-order chi connectivity index (χ0) is 28.2. The van der Waals surface area contributed by atoms with E-state index in [0.717, 1.165) is 51.6 Å². The molecular formula is C35H45N3O2. The summed E-state index contributed by atoms with van der Waals surface area (Å²) in [6, 6.07) is 22.9. The lowest BCUT2D eigenvalue weighted by Crippen LogP contribution is -2.77. The van der Waals surface area contributed by atoms with Gasteiger partial charge in [-0.05, 0) is 91.9 Å². The average Bonchev–Trinajstić information content (AvgIpc) is 3.42. The predicted octanol–water partition coefficient (Wildman–Crippen LogP) is 6.44. The number of aryl methyl sites for hydroxylation is 1. The minimum atomic E-state index is 0.205. The van der Waals surface area contributed by atoms with Crippen molar-refractivity contribution >= 4 is 6.41 Å². The normalized spacial score (nSPS) is 27.4. The van der Waals surface area contributed by atoms with Crippen LogP contribution in [0, 0.1) is 10.8 Å². The fourth-order valence-corrected chi connectivity index (χ4v) is 8.91. The zero-order valence-electron chi connectivity index (χ0n) is 24.4. The SMILES string of the molecule is CCCCN(C=O)Cc1ccccc1.CNC1C2(C)CCCC23c2cc(O)ccc2CC13CCc1ccccn1. The summed E-state index contributed by atoms with van der Waals surface area (Å²) < 4.78 is 0. The summed E-state index contributed by atoms with van der Waals surface area (Å²) in [7, 11) is 2.14. The van der Waals surface area contributed by atoms with E-state index in [1.807, 2.05) is 53.6 Å². The number of rotatable bonds is 10. The molecule has 0 radical (unpaired) electrons. The third kappa shape index (κ3) is 4.62. The molecule has 1 amide bonds. The Hall–Kier alpha value is -3.18. The van der Waals surface area contributed by atoms with E-state index in [1.165, 1.54) is 41.6 Å². The van der Waals surface area contributed by atoms with Gasteiger partial charge < -0.3 is 15.3 Å². The summed E-state index contributed by atoms with van der Waals surface area (Å²) >= 11 is 0. The number of phenolic OH excluding ortho intramolecular Hbond substituents is 1. The second-order valence-electron chi connectivity index (χ2n) is 12.3. The molecule has 0 bridgehead atoms.